The largest absolute Gasteiger partial charge is 0.306 e. The van der Waals surface area contributed by atoms with E-state index in [1.54, 1.807) is 0 Å². The van der Waals surface area contributed by atoms with Crippen molar-refractivity contribution < 1.29 is 0 Å². The lowest BCUT2D eigenvalue weighted by Crippen LogP contribution is -2.40. The molecular weight excluding hydrogens is 318 g/mol. The van der Waals surface area contributed by atoms with Crippen LogP contribution in [0.15, 0.2) is 15.9 Å². The molecule has 0 amide bonds. The molecule has 1 aromatic heterocycles. The summed E-state index contributed by atoms with van der Waals surface area (Å²) in [4.78, 5) is 1.47. The summed E-state index contributed by atoms with van der Waals surface area (Å²) in [5, 5.41) is 6.14. The molecule has 104 valence electrons. The van der Waals surface area contributed by atoms with Crippen molar-refractivity contribution in [1.29, 1.82) is 0 Å². The van der Waals surface area contributed by atoms with Crippen LogP contribution in [0.2, 0.25) is 0 Å². The van der Waals surface area contributed by atoms with Crippen LogP contribution < -0.4 is 5.32 Å². The molecule has 0 aromatic carbocycles. The minimum Gasteiger partial charge on any atom is -0.306 e. The van der Waals surface area contributed by atoms with Crippen molar-refractivity contribution in [2.24, 2.45) is 23.7 Å². The highest BCUT2D eigenvalue weighted by Crippen LogP contribution is 2.58. The van der Waals surface area contributed by atoms with Crippen molar-refractivity contribution in [2.75, 3.05) is 0 Å². The van der Waals surface area contributed by atoms with Gasteiger partial charge in [-0.3, -0.25) is 0 Å². The Bertz CT molecular complexity index is 471. The summed E-state index contributed by atoms with van der Waals surface area (Å²) in [6, 6.07) is 3.58. The van der Waals surface area contributed by atoms with Crippen molar-refractivity contribution in [2.45, 2.75) is 51.1 Å². The second-order valence-electron chi connectivity index (χ2n) is 6.82. The molecule has 3 saturated carbocycles. The number of halogens is 1. The molecule has 19 heavy (non-hydrogen) atoms. The molecular formula is C16H22BrNS. The number of thiophene rings is 1. The first-order chi connectivity index (χ1) is 9.22. The van der Waals surface area contributed by atoms with Gasteiger partial charge in [0.25, 0.3) is 0 Å². The van der Waals surface area contributed by atoms with Gasteiger partial charge >= 0.3 is 0 Å². The molecule has 2 bridgehead atoms. The van der Waals surface area contributed by atoms with Crippen LogP contribution in [0.4, 0.5) is 0 Å². The zero-order chi connectivity index (χ0) is 13.0. The lowest BCUT2D eigenvalue weighted by atomic mass is 9.79. The molecule has 0 saturated heterocycles. The Morgan fingerprint density at radius 1 is 1.26 bits per heavy atom. The van der Waals surface area contributed by atoms with Crippen LogP contribution in [-0.4, -0.2) is 6.04 Å². The second kappa shape index (κ2) is 4.85. The quantitative estimate of drug-likeness (QED) is 0.818. The standard InChI is InChI=1S/C16H22BrNS/c1-9(16-7-11(17)8-19-16)18-15-6-10-5-14(15)13-4-2-3-12(10)13/h7-10,12-15,18H,2-6H2,1H3. The highest BCUT2D eigenvalue weighted by Gasteiger charge is 2.53. The van der Waals surface area contributed by atoms with Crippen LogP contribution in [0.5, 0.6) is 0 Å². The molecule has 1 N–H and O–H groups in total. The minimum absolute atomic E-state index is 0.514. The third-order valence-electron chi connectivity index (χ3n) is 5.91. The van der Waals surface area contributed by atoms with Crippen molar-refractivity contribution in [3.05, 3.63) is 20.8 Å². The van der Waals surface area contributed by atoms with Gasteiger partial charge < -0.3 is 5.32 Å². The Labute approximate surface area is 128 Å². The first-order valence-electron chi connectivity index (χ1n) is 7.72. The van der Waals surface area contributed by atoms with Crippen molar-refractivity contribution in [3.8, 4) is 0 Å². The summed E-state index contributed by atoms with van der Waals surface area (Å²) < 4.78 is 1.23. The second-order valence-corrected chi connectivity index (χ2v) is 8.67. The predicted octanol–water partition coefficient (Wildman–Crippen LogP) is 4.99. The smallest absolute Gasteiger partial charge is 0.0388 e. The molecule has 1 nitrogen and oxygen atoms in total. The minimum atomic E-state index is 0.514. The lowest BCUT2D eigenvalue weighted by molar-refractivity contribution is 0.200. The predicted molar refractivity (Wildman–Crippen MR) is 84.4 cm³/mol. The molecule has 0 radical (unpaired) electrons. The van der Waals surface area contributed by atoms with Crippen LogP contribution in [0.25, 0.3) is 0 Å². The van der Waals surface area contributed by atoms with Gasteiger partial charge in [-0.1, -0.05) is 6.42 Å². The summed E-state index contributed by atoms with van der Waals surface area (Å²) in [5.74, 6) is 4.22. The van der Waals surface area contributed by atoms with Gasteiger partial charge in [-0.25, -0.2) is 0 Å². The average Bonchev–Trinajstić information content (AvgIpc) is 3.08. The van der Waals surface area contributed by atoms with Crippen molar-refractivity contribution in [3.63, 3.8) is 0 Å². The van der Waals surface area contributed by atoms with Gasteiger partial charge in [0.05, 0.1) is 0 Å². The maximum atomic E-state index is 3.94. The van der Waals surface area contributed by atoms with E-state index in [9.17, 15) is 0 Å². The summed E-state index contributed by atoms with van der Waals surface area (Å²) in [6.45, 7) is 2.33. The van der Waals surface area contributed by atoms with E-state index in [-0.39, 0.29) is 0 Å². The zero-order valence-corrected chi connectivity index (χ0v) is 13.8. The summed E-state index contributed by atoms with van der Waals surface area (Å²) in [6.07, 6.45) is 7.52. The van der Waals surface area contributed by atoms with Gasteiger partial charge in [0, 0.05) is 26.8 Å². The Kier molecular flexibility index (Phi) is 3.28. The third kappa shape index (κ3) is 2.13. The van der Waals surface area contributed by atoms with Crippen LogP contribution in [0.3, 0.4) is 0 Å². The highest BCUT2D eigenvalue weighted by molar-refractivity contribution is 9.10. The Morgan fingerprint density at radius 3 is 2.89 bits per heavy atom. The number of nitrogens with one attached hydrogen (secondary N) is 1. The number of hydrogen-bond donors (Lipinski definition) is 1. The highest BCUT2D eigenvalue weighted by atomic mass is 79.9. The zero-order valence-electron chi connectivity index (χ0n) is 11.4. The first-order valence-corrected chi connectivity index (χ1v) is 9.39. The molecule has 3 fully saturated rings. The van der Waals surface area contributed by atoms with Crippen molar-refractivity contribution >= 4 is 27.3 Å². The number of rotatable bonds is 3. The van der Waals surface area contributed by atoms with E-state index < -0.39 is 0 Å². The van der Waals surface area contributed by atoms with E-state index in [4.69, 9.17) is 0 Å². The molecule has 6 atom stereocenters. The molecule has 3 aliphatic rings. The average molecular weight is 340 g/mol. The van der Waals surface area contributed by atoms with Crippen LogP contribution >= 0.6 is 27.3 Å². The van der Waals surface area contributed by atoms with Crippen LogP contribution in [-0.2, 0) is 0 Å². The maximum absolute atomic E-state index is 3.94. The van der Waals surface area contributed by atoms with E-state index in [1.807, 2.05) is 11.3 Å². The molecule has 6 unspecified atom stereocenters. The van der Waals surface area contributed by atoms with Gasteiger partial charge in [0.15, 0.2) is 0 Å². The number of hydrogen-bond acceptors (Lipinski definition) is 2. The van der Waals surface area contributed by atoms with Crippen LogP contribution in [0.1, 0.15) is 49.9 Å². The molecule has 1 aromatic rings. The molecule has 3 aliphatic carbocycles. The fourth-order valence-electron chi connectivity index (χ4n) is 5.22. The lowest BCUT2D eigenvalue weighted by Gasteiger charge is -2.33. The van der Waals surface area contributed by atoms with Crippen LogP contribution in [0, 0.1) is 23.7 Å². The van der Waals surface area contributed by atoms with Gasteiger partial charge in [0.1, 0.15) is 0 Å². The van der Waals surface area contributed by atoms with Crippen molar-refractivity contribution in [1.82, 2.24) is 5.32 Å². The van der Waals surface area contributed by atoms with E-state index in [0.717, 1.165) is 29.7 Å². The third-order valence-corrected chi connectivity index (χ3v) is 7.78. The monoisotopic (exact) mass is 339 g/mol. The Morgan fingerprint density at radius 2 is 2.11 bits per heavy atom. The van der Waals surface area contributed by atoms with E-state index in [2.05, 4.69) is 39.6 Å². The van der Waals surface area contributed by atoms with Gasteiger partial charge in [-0.05, 0) is 78.3 Å². The normalized spacial score (nSPS) is 41.7. The Hall–Kier alpha value is 0.140. The first kappa shape index (κ1) is 12.8. The maximum Gasteiger partial charge on any atom is 0.0388 e. The fraction of sp³-hybridized carbons (Fsp3) is 0.750. The summed E-state index contributed by atoms with van der Waals surface area (Å²) in [5.41, 5.74) is 0. The van der Waals surface area contributed by atoms with E-state index >= 15 is 0 Å². The van der Waals surface area contributed by atoms with Gasteiger partial charge in [-0.2, -0.15) is 0 Å². The summed E-state index contributed by atoms with van der Waals surface area (Å²) in [7, 11) is 0. The van der Waals surface area contributed by atoms with Gasteiger partial charge in [0.2, 0.25) is 0 Å². The number of fused-ring (bicyclic) bond motifs is 5. The topological polar surface area (TPSA) is 12.0 Å². The molecule has 1 heterocycles. The van der Waals surface area contributed by atoms with E-state index in [0.29, 0.717) is 6.04 Å². The summed E-state index contributed by atoms with van der Waals surface area (Å²) >= 11 is 5.44. The molecule has 0 aliphatic heterocycles. The molecule has 0 spiro atoms. The van der Waals surface area contributed by atoms with E-state index in [1.165, 1.54) is 41.5 Å². The molecule has 4 rings (SSSR count). The Balaban J connectivity index is 1.44. The fourth-order valence-corrected chi connectivity index (χ4v) is 6.68. The molecule has 3 heteroatoms. The van der Waals surface area contributed by atoms with Gasteiger partial charge in [-0.15, -0.1) is 11.3 Å². The SMILES string of the molecule is CC(NC1CC2CC1C1CCCC21)c1cc(Br)cs1.